The van der Waals surface area contributed by atoms with Crippen LogP contribution >= 0.6 is 15.9 Å². The van der Waals surface area contributed by atoms with Crippen LogP contribution in [0.5, 0.6) is 0 Å². The van der Waals surface area contributed by atoms with E-state index in [-0.39, 0.29) is 11.7 Å². The van der Waals surface area contributed by atoms with Gasteiger partial charge < -0.3 is 11.1 Å². The summed E-state index contributed by atoms with van der Waals surface area (Å²) in [6.45, 7) is 1.75. The molecular weight excluding hydrogens is 335 g/mol. The van der Waals surface area contributed by atoms with E-state index >= 15 is 0 Å². The lowest BCUT2D eigenvalue weighted by Gasteiger charge is -2.10. The predicted molar refractivity (Wildman–Crippen MR) is 86.6 cm³/mol. The van der Waals surface area contributed by atoms with Crippen molar-refractivity contribution in [2.24, 2.45) is 0 Å². The van der Waals surface area contributed by atoms with Gasteiger partial charge in [0.15, 0.2) is 0 Å². The van der Waals surface area contributed by atoms with Crippen LogP contribution in [0, 0.1) is 12.7 Å². The van der Waals surface area contributed by atoms with Crippen molar-refractivity contribution in [1.29, 1.82) is 0 Å². The molecule has 3 N–H and O–H groups in total. The maximum Gasteiger partial charge on any atom is 0.224 e. The Morgan fingerprint density at radius 1 is 1.33 bits per heavy atom. The van der Waals surface area contributed by atoms with E-state index in [0.29, 0.717) is 34.3 Å². The van der Waals surface area contributed by atoms with Gasteiger partial charge in [-0.15, -0.1) is 0 Å². The van der Waals surface area contributed by atoms with Crippen molar-refractivity contribution >= 4 is 33.2 Å². The smallest absolute Gasteiger partial charge is 0.224 e. The molecule has 110 valence electrons. The average molecular weight is 351 g/mol. The molecule has 0 saturated carbocycles. The first-order valence-electron chi connectivity index (χ1n) is 6.55. The Balaban J connectivity index is 1.97. The first-order valence-corrected chi connectivity index (χ1v) is 7.35. The second-order valence-electron chi connectivity index (χ2n) is 4.87. The van der Waals surface area contributed by atoms with E-state index < -0.39 is 0 Å². The normalized spacial score (nSPS) is 10.4. The number of carbonyl (C=O) groups excluding carboxylic acids is 1. The fraction of sp³-hybridized carbons (Fsp3) is 0.188. The van der Waals surface area contributed by atoms with E-state index in [9.17, 15) is 9.18 Å². The molecule has 0 aliphatic rings. The SMILES string of the molecule is Cc1cc(F)c(Br)cc1NC(=O)CCc1cccc(N)c1. The minimum atomic E-state index is -0.342. The molecule has 3 nitrogen and oxygen atoms in total. The van der Waals surface area contributed by atoms with Gasteiger partial charge in [0, 0.05) is 17.8 Å². The molecule has 0 heterocycles. The van der Waals surface area contributed by atoms with Crippen LogP contribution in [-0.2, 0) is 11.2 Å². The van der Waals surface area contributed by atoms with Crippen molar-refractivity contribution in [2.75, 3.05) is 11.1 Å². The van der Waals surface area contributed by atoms with Gasteiger partial charge in [-0.2, -0.15) is 0 Å². The molecule has 0 aliphatic carbocycles. The van der Waals surface area contributed by atoms with Crippen molar-refractivity contribution in [3.8, 4) is 0 Å². The van der Waals surface area contributed by atoms with Crippen LogP contribution in [0.4, 0.5) is 15.8 Å². The van der Waals surface area contributed by atoms with Gasteiger partial charge in [-0.05, 0) is 64.7 Å². The molecule has 0 spiro atoms. The summed E-state index contributed by atoms with van der Waals surface area (Å²) < 4.78 is 13.7. The van der Waals surface area contributed by atoms with Gasteiger partial charge >= 0.3 is 0 Å². The van der Waals surface area contributed by atoms with E-state index in [1.807, 2.05) is 24.3 Å². The Morgan fingerprint density at radius 3 is 2.81 bits per heavy atom. The highest BCUT2D eigenvalue weighted by Crippen LogP contribution is 2.24. The lowest BCUT2D eigenvalue weighted by atomic mass is 10.1. The highest BCUT2D eigenvalue weighted by molar-refractivity contribution is 9.10. The summed E-state index contributed by atoms with van der Waals surface area (Å²) in [5, 5.41) is 2.80. The molecule has 0 atom stereocenters. The van der Waals surface area contributed by atoms with Crippen molar-refractivity contribution in [3.63, 3.8) is 0 Å². The number of rotatable bonds is 4. The Hall–Kier alpha value is -1.88. The van der Waals surface area contributed by atoms with Gasteiger partial charge in [0.1, 0.15) is 5.82 Å². The third-order valence-corrected chi connectivity index (χ3v) is 3.74. The zero-order chi connectivity index (χ0) is 15.4. The number of anilines is 2. The van der Waals surface area contributed by atoms with Gasteiger partial charge in [0.2, 0.25) is 5.91 Å². The third kappa shape index (κ3) is 4.29. The Morgan fingerprint density at radius 2 is 2.10 bits per heavy atom. The van der Waals surface area contributed by atoms with Gasteiger partial charge in [-0.3, -0.25) is 4.79 Å². The first kappa shape index (κ1) is 15.5. The molecule has 2 aromatic carbocycles. The quantitative estimate of drug-likeness (QED) is 0.817. The molecule has 0 unspecified atom stereocenters. The summed E-state index contributed by atoms with van der Waals surface area (Å²) in [4.78, 5) is 12.0. The number of aryl methyl sites for hydroxylation is 2. The van der Waals surface area contributed by atoms with Crippen molar-refractivity contribution < 1.29 is 9.18 Å². The minimum Gasteiger partial charge on any atom is -0.399 e. The van der Waals surface area contributed by atoms with Gasteiger partial charge in [0.25, 0.3) is 0 Å². The maximum atomic E-state index is 13.3. The van der Waals surface area contributed by atoms with Crippen LogP contribution in [0.3, 0.4) is 0 Å². The zero-order valence-corrected chi connectivity index (χ0v) is 13.2. The highest BCUT2D eigenvalue weighted by Gasteiger charge is 2.09. The topological polar surface area (TPSA) is 55.1 Å². The van der Waals surface area contributed by atoms with Gasteiger partial charge in [0.05, 0.1) is 4.47 Å². The molecule has 5 heteroatoms. The molecule has 1 amide bonds. The summed E-state index contributed by atoms with van der Waals surface area (Å²) in [7, 11) is 0. The highest BCUT2D eigenvalue weighted by atomic mass is 79.9. The fourth-order valence-corrected chi connectivity index (χ4v) is 2.34. The number of nitrogens with two attached hydrogens (primary N) is 1. The number of carbonyl (C=O) groups is 1. The Labute approximate surface area is 131 Å². The van der Waals surface area contributed by atoms with Crippen LogP contribution in [0.2, 0.25) is 0 Å². The van der Waals surface area contributed by atoms with Crippen LogP contribution in [-0.4, -0.2) is 5.91 Å². The van der Waals surface area contributed by atoms with E-state index in [4.69, 9.17) is 5.73 Å². The lowest BCUT2D eigenvalue weighted by Crippen LogP contribution is -2.13. The van der Waals surface area contributed by atoms with Crippen LogP contribution < -0.4 is 11.1 Å². The summed E-state index contributed by atoms with van der Waals surface area (Å²) in [6.07, 6.45) is 0.955. The van der Waals surface area contributed by atoms with E-state index in [1.165, 1.54) is 6.07 Å². The van der Waals surface area contributed by atoms with E-state index in [2.05, 4.69) is 21.2 Å². The number of nitrogens with one attached hydrogen (secondary N) is 1. The molecule has 0 aliphatic heterocycles. The summed E-state index contributed by atoms with van der Waals surface area (Å²) >= 11 is 3.11. The standard InChI is InChI=1S/C16H16BrFN2O/c1-10-7-14(18)13(17)9-15(10)20-16(21)6-5-11-3-2-4-12(19)8-11/h2-4,7-9H,5-6,19H2,1H3,(H,20,21). The van der Waals surface area contributed by atoms with Crippen LogP contribution in [0.25, 0.3) is 0 Å². The monoisotopic (exact) mass is 350 g/mol. The molecule has 0 aromatic heterocycles. The van der Waals surface area contributed by atoms with E-state index in [1.54, 1.807) is 13.0 Å². The second kappa shape index (κ2) is 6.72. The van der Waals surface area contributed by atoms with Gasteiger partial charge in [-0.25, -0.2) is 4.39 Å². The fourth-order valence-electron chi connectivity index (χ4n) is 2.00. The second-order valence-corrected chi connectivity index (χ2v) is 5.73. The van der Waals surface area contributed by atoms with Crippen molar-refractivity contribution in [2.45, 2.75) is 19.8 Å². The number of benzene rings is 2. The summed E-state index contributed by atoms with van der Waals surface area (Å²) in [5.74, 6) is -0.454. The third-order valence-electron chi connectivity index (χ3n) is 3.13. The van der Waals surface area contributed by atoms with E-state index in [0.717, 1.165) is 5.56 Å². The molecule has 2 rings (SSSR count). The molecule has 0 fully saturated rings. The van der Waals surface area contributed by atoms with Gasteiger partial charge in [-0.1, -0.05) is 12.1 Å². The Bertz CT molecular complexity index is 673. The lowest BCUT2D eigenvalue weighted by molar-refractivity contribution is -0.116. The van der Waals surface area contributed by atoms with Crippen molar-refractivity contribution in [3.05, 3.63) is 57.8 Å². The number of nitrogen functional groups attached to an aromatic ring is 1. The molecule has 0 bridgehead atoms. The average Bonchev–Trinajstić information content (AvgIpc) is 2.43. The number of halogens is 2. The number of hydrogen-bond acceptors (Lipinski definition) is 2. The van der Waals surface area contributed by atoms with Crippen LogP contribution in [0.1, 0.15) is 17.5 Å². The largest absolute Gasteiger partial charge is 0.399 e. The molecule has 21 heavy (non-hydrogen) atoms. The summed E-state index contributed by atoms with van der Waals surface area (Å²) in [6, 6.07) is 10.4. The molecule has 0 radical (unpaired) electrons. The zero-order valence-electron chi connectivity index (χ0n) is 11.6. The summed E-state index contributed by atoms with van der Waals surface area (Å²) in [5.41, 5.74) is 8.70. The predicted octanol–water partition coefficient (Wildman–Crippen LogP) is 4.05. The molecule has 2 aromatic rings. The Kier molecular flexibility index (Phi) is 4.96. The maximum absolute atomic E-state index is 13.3. The first-order chi connectivity index (χ1) is 9.95. The number of amides is 1. The molecule has 0 saturated heterocycles. The minimum absolute atomic E-state index is 0.112. The van der Waals surface area contributed by atoms with Crippen LogP contribution in [0.15, 0.2) is 40.9 Å². The number of hydrogen-bond donors (Lipinski definition) is 2. The molecular formula is C16H16BrFN2O. The van der Waals surface area contributed by atoms with Crippen molar-refractivity contribution in [1.82, 2.24) is 0 Å².